The SMILES string of the molecule is CCC[Si]1CCC(CC(O)C#Cc2ccc(Cl)cc2)CC1. The molecule has 3 heteroatoms. The highest BCUT2D eigenvalue weighted by molar-refractivity contribution is 6.58. The van der Waals surface area contributed by atoms with E-state index in [-0.39, 0.29) is 8.80 Å². The zero-order chi connectivity index (χ0) is 15.1. The Bertz CT molecular complexity index is 480. The molecular formula is C18H24ClOSi. The third-order valence-corrected chi connectivity index (χ3v) is 7.65. The fraction of sp³-hybridized carbons (Fsp3) is 0.556. The van der Waals surface area contributed by atoms with Crippen molar-refractivity contribution >= 4 is 20.4 Å². The number of hydrogen-bond acceptors (Lipinski definition) is 1. The first kappa shape index (κ1) is 16.6. The summed E-state index contributed by atoms with van der Waals surface area (Å²) in [6.07, 6.45) is 4.28. The standard InChI is InChI=1S/C18H24ClOSi/c1-2-11-21-12-9-16(10-13-21)14-18(20)8-5-15-3-6-17(19)7-4-15/h3-4,6-7,16,18,20H,2,9-14H2,1H3. The van der Waals surface area contributed by atoms with Gasteiger partial charge in [-0.25, -0.2) is 0 Å². The summed E-state index contributed by atoms with van der Waals surface area (Å²) in [5.41, 5.74) is 0.913. The van der Waals surface area contributed by atoms with Crippen LogP contribution in [-0.4, -0.2) is 20.0 Å². The number of hydrogen-bond donors (Lipinski definition) is 1. The molecule has 1 fully saturated rings. The van der Waals surface area contributed by atoms with Gasteiger partial charge in [-0.05, 0) is 36.6 Å². The second-order valence-electron chi connectivity index (χ2n) is 5.97. The monoisotopic (exact) mass is 319 g/mol. The molecule has 2 rings (SSSR count). The van der Waals surface area contributed by atoms with Gasteiger partial charge in [0.1, 0.15) is 6.10 Å². The van der Waals surface area contributed by atoms with Gasteiger partial charge in [0.15, 0.2) is 0 Å². The molecule has 1 aromatic carbocycles. The molecule has 1 saturated heterocycles. The van der Waals surface area contributed by atoms with E-state index in [2.05, 4.69) is 18.8 Å². The molecule has 1 unspecified atom stereocenters. The molecule has 1 aliphatic heterocycles. The normalized spacial score (nSPS) is 18.0. The second kappa shape index (κ2) is 8.63. The minimum atomic E-state index is -0.495. The minimum Gasteiger partial charge on any atom is -0.380 e. The Hall–Kier alpha value is -0.753. The van der Waals surface area contributed by atoms with Gasteiger partial charge in [0.05, 0.1) is 0 Å². The maximum atomic E-state index is 10.1. The quantitative estimate of drug-likeness (QED) is 0.627. The van der Waals surface area contributed by atoms with Gasteiger partial charge in [-0.1, -0.05) is 67.8 Å². The summed E-state index contributed by atoms with van der Waals surface area (Å²) in [7, 11) is -0.0555. The Labute approximate surface area is 135 Å². The van der Waals surface area contributed by atoms with E-state index < -0.39 is 6.10 Å². The lowest BCUT2D eigenvalue weighted by Crippen LogP contribution is -2.23. The highest BCUT2D eigenvalue weighted by Crippen LogP contribution is 2.30. The van der Waals surface area contributed by atoms with Gasteiger partial charge in [-0.2, -0.15) is 0 Å². The molecule has 1 aromatic rings. The average molecular weight is 320 g/mol. The van der Waals surface area contributed by atoms with Crippen LogP contribution in [0.3, 0.4) is 0 Å². The van der Waals surface area contributed by atoms with Gasteiger partial charge < -0.3 is 5.11 Å². The summed E-state index contributed by atoms with van der Waals surface area (Å²) < 4.78 is 0. The molecule has 1 nitrogen and oxygen atoms in total. The van der Waals surface area contributed by atoms with Crippen LogP contribution in [0, 0.1) is 17.8 Å². The van der Waals surface area contributed by atoms with E-state index in [1.807, 2.05) is 24.3 Å². The third-order valence-electron chi connectivity index (χ3n) is 4.20. The molecule has 0 amide bonds. The van der Waals surface area contributed by atoms with Crippen molar-refractivity contribution < 1.29 is 5.11 Å². The molecular weight excluding hydrogens is 296 g/mol. The number of rotatable bonds is 4. The molecule has 0 bridgehead atoms. The molecule has 21 heavy (non-hydrogen) atoms. The topological polar surface area (TPSA) is 20.2 Å². The van der Waals surface area contributed by atoms with E-state index >= 15 is 0 Å². The van der Waals surface area contributed by atoms with Crippen LogP contribution in [0.15, 0.2) is 24.3 Å². The number of benzene rings is 1. The Kier molecular flexibility index (Phi) is 6.83. The van der Waals surface area contributed by atoms with Crippen LogP contribution < -0.4 is 0 Å². The van der Waals surface area contributed by atoms with Crippen molar-refractivity contribution in [1.29, 1.82) is 0 Å². The molecule has 1 atom stereocenters. The average Bonchev–Trinajstić information content (AvgIpc) is 2.49. The molecule has 0 aromatic heterocycles. The molecule has 1 radical (unpaired) electrons. The molecule has 1 heterocycles. The zero-order valence-corrected chi connectivity index (χ0v) is 14.5. The molecule has 0 aliphatic carbocycles. The number of halogens is 1. The largest absolute Gasteiger partial charge is 0.380 e. The zero-order valence-electron chi connectivity index (χ0n) is 12.7. The van der Waals surface area contributed by atoms with Crippen molar-refractivity contribution in [3.63, 3.8) is 0 Å². The van der Waals surface area contributed by atoms with E-state index in [0.717, 1.165) is 12.0 Å². The van der Waals surface area contributed by atoms with Crippen molar-refractivity contribution in [2.75, 3.05) is 0 Å². The molecule has 0 spiro atoms. The highest BCUT2D eigenvalue weighted by Gasteiger charge is 2.23. The van der Waals surface area contributed by atoms with Gasteiger partial charge in [-0.15, -0.1) is 0 Å². The third kappa shape index (κ3) is 5.86. The van der Waals surface area contributed by atoms with Crippen LogP contribution >= 0.6 is 11.6 Å². The van der Waals surface area contributed by atoms with Gasteiger partial charge in [-0.3, -0.25) is 0 Å². The van der Waals surface area contributed by atoms with Crippen LogP contribution in [0.25, 0.3) is 0 Å². The minimum absolute atomic E-state index is 0.0555. The highest BCUT2D eigenvalue weighted by atomic mass is 35.5. The lowest BCUT2D eigenvalue weighted by atomic mass is 9.95. The number of aliphatic hydroxyl groups excluding tert-OH is 1. The van der Waals surface area contributed by atoms with Crippen LogP contribution in [0.4, 0.5) is 0 Å². The van der Waals surface area contributed by atoms with Crippen LogP contribution in [0.5, 0.6) is 0 Å². The summed E-state index contributed by atoms with van der Waals surface area (Å²) in [6.45, 7) is 2.29. The Morgan fingerprint density at radius 1 is 1.29 bits per heavy atom. The molecule has 1 aliphatic rings. The van der Waals surface area contributed by atoms with E-state index in [1.54, 1.807) is 0 Å². The maximum absolute atomic E-state index is 10.1. The Morgan fingerprint density at radius 2 is 1.95 bits per heavy atom. The maximum Gasteiger partial charge on any atom is 0.115 e. The van der Waals surface area contributed by atoms with Gasteiger partial charge in [0.25, 0.3) is 0 Å². The van der Waals surface area contributed by atoms with Gasteiger partial charge >= 0.3 is 0 Å². The van der Waals surface area contributed by atoms with Crippen molar-refractivity contribution in [2.24, 2.45) is 5.92 Å². The van der Waals surface area contributed by atoms with Gasteiger partial charge in [0.2, 0.25) is 0 Å². The lowest BCUT2D eigenvalue weighted by molar-refractivity contribution is 0.190. The second-order valence-corrected chi connectivity index (χ2v) is 9.41. The summed E-state index contributed by atoms with van der Waals surface area (Å²) in [4.78, 5) is 0. The lowest BCUT2D eigenvalue weighted by Gasteiger charge is -2.27. The Balaban J connectivity index is 1.78. The Morgan fingerprint density at radius 3 is 2.57 bits per heavy atom. The van der Waals surface area contributed by atoms with Crippen molar-refractivity contribution in [1.82, 2.24) is 0 Å². The first-order chi connectivity index (χ1) is 10.2. The molecule has 113 valence electrons. The number of aliphatic hydroxyl groups is 1. The fourth-order valence-electron chi connectivity index (χ4n) is 3.00. The van der Waals surface area contributed by atoms with Crippen LogP contribution in [-0.2, 0) is 0 Å². The van der Waals surface area contributed by atoms with E-state index in [1.165, 1.54) is 37.4 Å². The van der Waals surface area contributed by atoms with Crippen LogP contribution in [0.2, 0.25) is 23.2 Å². The van der Waals surface area contributed by atoms with E-state index in [0.29, 0.717) is 10.9 Å². The first-order valence-electron chi connectivity index (χ1n) is 7.96. The summed E-state index contributed by atoms with van der Waals surface area (Å²) >= 11 is 5.84. The fourth-order valence-corrected chi connectivity index (χ4v) is 6.22. The van der Waals surface area contributed by atoms with Crippen molar-refractivity contribution in [3.8, 4) is 11.8 Å². The van der Waals surface area contributed by atoms with Gasteiger partial charge in [0, 0.05) is 19.4 Å². The van der Waals surface area contributed by atoms with E-state index in [4.69, 9.17) is 11.6 Å². The predicted octanol–water partition coefficient (Wildman–Crippen LogP) is 4.76. The summed E-state index contributed by atoms with van der Waals surface area (Å²) in [6, 6.07) is 11.8. The van der Waals surface area contributed by atoms with Crippen molar-refractivity contribution in [2.45, 2.75) is 56.8 Å². The molecule has 1 N–H and O–H groups in total. The summed E-state index contributed by atoms with van der Waals surface area (Å²) in [5.74, 6) is 6.68. The van der Waals surface area contributed by atoms with E-state index in [9.17, 15) is 5.11 Å². The van der Waals surface area contributed by atoms with Crippen molar-refractivity contribution in [3.05, 3.63) is 34.9 Å². The first-order valence-corrected chi connectivity index (χ1v) is 10.5. The summed E-state index contributed by atoms with van der Waals surface area (Å²) in [5, 5.41) is 10.8. The predicted molar refractivity (Wildman–Crippen MR) is 92.1 cm³/mol. The molecule has 0 saturated carbocycles. The smallest absolute Gasteiger partial charge is 0.115 e. The van der Waals surface area contributed by atoms with Crippen LogP contribution in [0.1, 0.15) is 38.2 Å².